The lowest BCUT2D eigenvalue weighted by atomic mass is 9.74. The molecule has 0 bridgehead atoms. The number of hydrogen-bond acceptors (Lipinski definition) is 4. The molecule has 0 atom stereocenters. The van der Waals surface area contributed by atoms with E-state index in [1.807, 2.05) is 0 Å². The van der Waals surface area contributed by atoms with Gasteiger partial charge in [0.05, 0.1) is 11.8 Å². The Kier molecular flexibility index (Phi) is 4.77. The van der Waals surface area contributed by atoms with Gasteiger partial charge in [-0.3, -0.25) is 4.79 Å². The van der Waals surface area contributed by atoms with Gasteiger partial charge >= 0.3 is 0 Å². The van der Waals surface area contributed by atoms with E-state index >= 15 is 0 Å². The Morgan fingerprint density at radius 2 is 2.29 bits per heavy atom. The van der Waals surface area contributed by atoms with Crippen molar-refractivity contribution in [3.8, 4) is 0 Å². The van der Waals surface area contributed by atoms with Crippen LogP contribution in [0.1, 0.15) is 49.4 Å². The van der Waals surface area contributed by atoms with Gasteiger partial charge in [-0.25, -0.2) is 0 Å². The van der Waals surface area contributed by atoms with Crippen molar-refractivity contribution in [3.63, 3.8) is 0 Å². The Hall–Kier alpha value is -1.69. The Labute approximate surface area is 128 Å². The standard InChI is InChI=1S/C14H20ClN3O3/c1-2-9-3-6-14(7-4-9,13(16)18-20)17-12(19)10-5-8-21-11(10)15/h5,8-9,20H,2-4,6-7H2,1H3,(H2,16,18)(H,17,19). The van der Waals surface area contributed by atoms with Gasteiger partial charge in [0.1, 0.15) is 5.54 Å². The summed E-state index contributed by atoms with van der Waals surface area (Å²) in [6, 6.07) is 1.50. The number of furan rings is 1. The molecule has 1 saturated carbocycles. The Morgan fingerprint density at radius 1 is 1.62 bits per heavy atom. The number of amidine groups is 1. The number of nitrogens with zero attached hydrogens (tertiary/aromatic N) is 1. The summed E-state index contributed by atoms with van der Waals surface area (Å²) in [4.78, 5) is 12.3. The van der Waals surface area contributed by atoms with Gasteiger partial charge in [-0.1, -0.05) is 18.5 Å². The smallest absolute Gasteiger partial charge is 0.256 e. The van der Waals surface area contributed by atoms with E-state index < -0.39 is 5.54 Å². The molecule has 1 aromatic heterocycles. The highest BCUT2D eigenvalue weighted by Gasteiger charge is 2.40. The molecule has 1 amide bonds. The molecule has 0 radical (unpaired) electrons. The Balaban J connectivity index is 2.18. The number of rotatable bonds is 4. The van der Waals surface area contributed by atoms with E-state index in [0.717, 1.165) is 19.3 Å². The molecule has 2 rings (SSSR count). The first-order valence-corrected chi connectivity index (χ1v) is 7.43. The van der Waals surface area contributed by atoms with Gasteiger partial charge in [-0.15, -0.1) is 0 Å². The van der Waals surface area contributed by atoms with E-state index in [-0.39, 0.29) is 22.5 Å². The molecule has 116 valence electrons. The zero-order valence-corrected chi connectivity index (χ0v) is 12.7. The van der Waals surface area contributed by atoms with Crippen molar-refractivity contribution >= 4 is 23.3 Å². The lowest BCUT2D eigenvalue weighted by Crippen LogP contribution is -2.59. The number of carbonyl (C=O) groups is 1. The second-order valence-corrected chi connectivity index (χ2v) is 5.82. The molecule has 4 N–H and O–H groups in total. The molecular formula is C14H20ClN3O3. The third-order valence-electron chi connectivity index (χ3n) is 4.35. The average Bonchev–Trinajstić information content (AvgIpc) is 2.93. The predicted octanol–water partition coefficient (Wildman–Crippen LogP) is 2.75. The summed E-state index contributed by atoms with van der Waals surface area (Å²) in [5.74, 6) is 0.263. The van der Waals surface area contributed by atoms with E-state index in [4.69, 9.17) is 27.0 Å². The van der Waals surface area contributed by atoms with Crippen LogP contribution in [0.4, 0.5) is 0 Å². The van der Waals surface area contributed by atoms with Gasteiger partial charge in [0, 0.05) is 0 Å². The minimum absolute atomic E-state index is 0.0319. The molecule has 0 spiro atoms. The van der Waals surface area contributed by atoms with Gasteiger partial charge < -0.3 is 20.7 Å². The van der Waals surface area contributed by atoms with Crippen LogP contribution in [0.2, 0.25) is 5.22 Å². The number of halogens is 1. The molecule has 0 saturated heterocycles. The largest absolute Gasteiger partial charge is 0.452 e. The third kappa shape index (κ3) is 3.15. The quantitative estimate of drug-likeness (QED) is 0.344. The summed E-state index contributed by atoms with van der Waals surface area (Å²) in [5, 5.41) is 15.1. The lowest BCUT2D eigenvalue weighted by Gasteiger charge is -2.39. The topological polar surface area (TPSA) is 101 Å². The molecule has 1 fully saturated rings. The highest BCUT2D eigenvalue weighted by Crippen LogP contribution is 2.34. The maximum Gasteiger partial charge on any atom is 0.256 e. The van der Waals surface area contributed by atoms with Gasteiger partial charge in [0.2, 0.25) is 5.22 Å². The molecular weight excluding hydrogens is 294 g/mol. The first kappa shape index (κ1) is 15.7. The Morgan fingerprint density at radius 3 is 2.76 bits per heavy atom. The minimum atomic E-state index is -0.821. The zero-order chi connectivity index (χ0) is 15.5. The second kappa shape index (κ2) is 6.39. The molecule has 0 aliphatic heterocycles. The van der Waals surface area contributed by atoms with Crippen LogP contribution in [-0.4, -0.2) is 22.5 Å². The van der Waals surface area contributed by atoms with Crippen molar-refractivity contribution in [2.75, 3.05) is 0 Å². The molecule has 0 aromatic carbocycles. The van der Waals surface area contributed by atoms with Crippen molar-refractivity contribution in [2.45, 2.75) is 44.6 Å². The molecule has 1 heterocycles. The van der Waals surface area contributed by atoms with Crippen molar-refractivity contribution < 1.29 is 14.4 Å². The van der Waals surface area contributed by atoms with E-state index in [2.05, 4.69) is 17.4 Å². The molecule has 6 nitrogen and oxygen atoms in total. The Bertz CT molecular complexity index is 533. The van der Waals surface area contributed by atoms with Crippen molar-refractivity contribution in [3.05, 3.63) is 23.1 Å². The number of nitrogens with two attached hydrogens (primary N) is 1. The summed E-state index contributed by atoms with van der Waals surface area (Å²) in [6.45, 7) is 2.14. The predicted molar refractivity (Wildman–Crippen MR) is 79.6 cm³/mol. The number of carbonyl (C=O) groups excluding carboxylic acids is 1. The van der Waals surface area contributed by atoms with Crippen molar-refractivity contribution in [1.82, 2.24) is 5.32 Å². The highest BCUT2D eigenvalue weighted by molar-refractivity contribution is 6.32. The SMILES string of the molecule is CCC1CCC(NC(=O)c2ccoc2Cl)(/C(N)=N/O)CC1. The van der Waals surface area contributed by atoms with Gasteiger partial charge in [-0.05, 0) is 49.3 Å². The van der Waals surface area contributed by atoms with Crippen LogP contribution >= 0.6 is 11.6 Å². The fraction of sp³-hybridized carbons (Fsp3) is 0.571. The van der Waals surface area contributed by atoms with Gasteiger partial charge in [0.15, 0.2) is 5.84 Å². The van der Waals surface area contributed by atoms with Crippen LogP contribution in [-0.2, 0) is 0 Å². The summed E-state index contributed by atoms with van der Waals surface area (Å²) >= 11 is 5.82. The summed E-state index contributed by atoms with van der Waals surface area (Å²) < 4.78 is 4.92. The van der Waals surface area contributed by atoms with Crippen molar-refractivity contribution in [1.29, 1.82) is 0 Å². The molecule has 0 unspecified atom stereocenters. The maximum absolute atomic E-state index is 12.3. The van der Waals surface area contributed by atoms with Crippen LogP contribution < -0.4 is 11.1 Å². The van der Waals surface area contributed by atoms with Crippen LogP contribution in [0.25, 0.3) is 0 Å². The lowest BCUT2D eigenvalue weighted by molar-refractivity contribution is 0.0894. The van der Waals surface area contributed by atoms with E-state index in [9.17, 15) is 4.79 Å². The molecule has 1 aliphatic rings. The first-order valence-electron chi connectivity index (χ1n) is 7.06. The summed E-state index contributed by atoms with van der Waals surface area (Å²) in [6.07, 6.45) is 5.57. The molecule has 1 aromatic rings. The number of nitrogens with one attached hydrogen (secondary N) is 1. The zero-order valence-electron chi connectivity index (χ0n) is 11.9. The van der Waals surface area contributed by atoms with Crippen LogP contribution in [0.15, 0.2) is 21.9 Å². The second-order valence-electron chi connectivity index (χ2n) is 5.48. The van der Waals surface area contributed by atoms with Crippen LogP contribution in [0.5, 0.6) is 0 Å². The van der Waals surface area contributed by atoms with Gasteiger partial charge in [-0.2, -0.15) is 0 Å². The summed E-state index contributed by atoms with van der Waals surface area (Å²) in [5.41, 5.74) is 5.27. The maximum atomic E-state index is 12.3. The number of oxime groups is 1. The highest BCUT2D eigenvalue weighted by atomic mass is 35.5. The number of amides is 1. The minimum Gasteiger partial charge on any atom is -0.452 e. The third-order valence-corrected chi connectivity index (χ3v) is 4.64. The molecule has 21 heavy (non-hydrogen) atoms. The van der Waals surface area contributed by atoms with E-state index in [1.54, 1.807) is 0 Å². The van der Waals surface area contributed by atoms with Crippen molar-refractivity contribution in [2.24, 2.45) is 16.8 Å². The average molecular weight is 314 g/mol. The van der Waals surface area contributed by atoms with E-state index in [0.29, 0.717) is 18.8 Å². The molecule has 1 aliphatic carbocycles. The first-order chi connectivity index (χ1) is 10.0. The van der Waals surface area contributed by atoms with Gasteiger partial charge in [0.25, 0.3) is 5.91 Å². The van der Waals surface area contributed by atoms with E-state index in [1.165, 1.54) is 12.3 Å². The van der Waals surface area contributed by atoms with Crippen LogP contribution in [0.3, 0.4) is 0 Å². The normalized spacial score (nSPS) is 26.6. The van der Waals surface area contributed by atoms with Crippen LogP contribution in [0, 0.1) is 5.92 Å². The number of hydrogen-bond donors (Lipinski definition) is 3. The monoisotopic (exact) mass is 313 g/mol. The summed E-state index contributed by atoms with van der Waals surface area (Å²) in [7, 11) is 0. The molecule has 7 heteroatoms. The fourth-order valence-corrected chi connectivity index (χ4v) is 3.06. The fourth-order valence-electron chi connectivity index (χ4n) is 2.86.